The van der Waals surface area contributed by atoms with Crippen LogP contribution < -0.4 is 25.4 Å². The molecule has 5 rings (SSSR count). The fraction of sp³-hybridized carbons (Fsp3) is 0.300. The van der Waals surface area contributed by atoms with E-state index in [4.69, 9.17) is 15.2 Å². The normalized spacial score (nSPS) is 17.9. The summed E-state index contributed by atoms with van der Waals surface area (Å²) in [6.07, 6.45) is 0.902. The second kappa shape index (κ2) is 11.9. The number of Topliss-reactive ketones (excluding diaryl/α,β-unsaturated/α-hetero) is 1. The first kappa shape index (κ1) is 29.2. The zero-order chi connectivity index (χ0) is 30.0. The molecule has 0 bridgehead atoms. The third-order valence-electron chi connectivity index (χ3n) is 7.10. The number of allylic oxidation sites excluding steroid dienone is 3. The van der Waals surface area contributed by atoms with Gasteiger partial charge in [0.1, 0.15) is 17.3 Å². The Balaban J connectivity index is 1.44. The summed E-state index contributed by atoms with van der Waals surface area (Å²) in [5.74, 6) is 0.796. The molecule has 2 aromatic carbocycles. The average Bonchev–Trinajstić information content (AvgIpc) is 3.43. The van der Waals surface area contributed by atoms with Crippen LogP contribution in [0.4, 0.5) is 10.8 Å². The Hall–Kier alpha value is -4.34. The van der Waals surface area contributed by atoms with Crippen LogP contribution in [-0.4, -0.2) is 41.9 Å². The molecule has 42 heavy (non-hydrogen) atoms. The Morgan fingerprint density at radius 1 is 1.17 bits per heavy atom. The second-order valence-corrected chi connectivity index (χ2v) is 12.9. The number of thioether (sulfide) groups is 1. The monoisotopic (exact) mass is 602 g/mol. The van der Waals surface area contributed by atoms with E-state index in [1.165, 1.54) is 23.1 Å². The maximum absolute atomic E-state index is 13.7. The number of anilines is 2. The molecule has 3 N–H and O–H groups in total. The highest BCUT2D eigenvalue weighted by Crippen LogP contribution is 2.51. The number of nitrogens with two attached hydrogens (primary N) is 1. The average molecular weight is 603 g/mol. The quantitative estimate of drug-likeness (QED) is 0.329. The summed E-state index contributed by atoms with van der Waals surface area (Å²) in [6, 6.07) is 16.7. The Kier molecular flexibility index (Phi) is 8.24. The van der Waals surface area contributed by atoms with E-state index in [9.17, 15) is 14.9 Å². The van der Waals surface area contributed by atoms with Crippen molar-refractivity contribution in [3.63, 3.8) is 0 Å². The first-order valence-corrected chi connectivity index (χ1v) is 14.9. The van der Waals surface area contributed by atoms with E-state index in [-0.39, 0.29) is 34.3 Å². The molecule has 1 aliphatic carbocycles. The van der Waals surface area contributed by atoms with Crippen molar-refractivity contribution in [2.45, 2.75) is 36.9 Å². The smallest absolute Gasteiger partial charge is 0.234 e. The van der Waals surface area contributed by atoms with E-state index in [0.717, 1.165) is 5.56 Å². The van der Waals surface area contributed by atoms with Crippen LogP contribution in [-0.2, 0) is 9.59 Å². The third kappa shape index (κ3) is 5.84. The summed E-state index contributed by atoms with van der Waals surface area (Å²) in [7, 11) is 3.15. The van der Waals surface area contributed by atoms with E-state index in [1.54, 1.807) is 43.4 Å². The first-order chi connectivity index (χ1) is 20.1. The lowest BCUT2D eigenvalue weighted by molar-refractivity contribution is -0.118. The number of nitriles is 1. The lowest BCUT2D eigenvalue weighted by Crippen LogP contribution is -2.42. The number of ether oxygens (including phenoxy) is 2. The van der Waals surface area contributed by atoms with Crippen molar-refractivity contribution in [1.29, 1.82) is 5.26 Å². The molecular formula is C30H30N6O4S2. The summed E-state index contributed by atoms with van der Waals surface area (Å²) in [4.78, 5) is 28.0. The highest BCUT2D eigenvalue weighted by atomic mass is 32.2. The van der Waals surface area contributed by atoms with Crippen LogP contribution in [0.15, 0.2) is 75.5 Å². The van der Waals surface area contributed by atoms with Crippen molar-refractivity contribution in [1.82, 2.24) is 10.2 Å². The molecule has 0 fully saturated rings. The number of amides is 1. The van der Waals surface area contributed by atoms with E-state index in [0.29, 0.717) is 50.8 Å². The minimum absolute atomic E-state index is 0.0337. The van der Waals surface area contributed by atoms with Gasteiger partial charge in [0.2, 0.25) is 11.0 Å². The number of hydrogen-bond acceptors (Lipinski definition) is 11. The molecule has 0 spiro atoms. The van der Waals surface area contributed by atoms with Gasteiger partial charge in [-0.2, -0.15) is 5.26 Å². The molecule has 0 saturated heterocycles. The zero-order valence-electron chi connectivity index (χ0n) is 23.6. The van der Waals surface area contributed by atoms with Crippen LogP contribution >= 0.6 is 23.1 Å². The minimum atomic E-state index is -0.622. The van der Waals surface area contributed by atoms with Gasteiger partial charge in [-0.15, -0.1) is 10.2 Å². The van der Waals surface area contributed by atoms with E-state index in [1.807, 2.05) is 38.1 Å². The number of nitrogens with zero attached hydrogens (tertiary/aromatic N) is 4. The van der Waals surface area contributed by atoms with Gasteiger partial charge < -0.3 is 20.5 Å². The number of benzene rings is 2. The van der Waals surface area contributed by atoms with Crippen molar-refractivity contribution < 1.29 is 19.1 Å². The van der Waals surface area contributed by atoms with Crippen molar-refractivity contribution in [3.8, 4) is 17.6 Å². The van der Waals surface area contributed by atoms with Gasteiger partial charge in [0.05, 0.1) is 37.5 Å². The summed E-state index contributed by atoms with van der Waals surface area (Å²) < 4.78 is 11.1. The fourth-order valence-electron chi connectivity index (χ4n) is 5.23. The number of rotatable bonds is 8. The van der Waals surface area contributed by atoms with Crippen LogP contribution in [0.3, 0.4) is 0 Å². The Morgan fingerprint density at radius 2 is 1.90 bits per heavy atom. The lowest BCUT2D eigenvalue weighted by Gasteiger charge is -2.42. The minimum Gasteiger partial charge on any atom is -0.497 e. The van der Waals surface area contributed by atoms with Crippen LogP contribution in [0.5, 0.6) is 11.5 Å². The molecule has 0 radical (unpaired) electrons. The van der Waals surface area contributed by atoms with Crippen LogP contribution in [0, 0.1) is 16.7 Å². The van der Waals surface area contributed by atoms with Gasteiger partial charge in [-0.3, -0.25) is 14.5 Å². The number of aromatic nitrogens is 2. The third-order valence-corrected chi connectivity index (χ3v) is 9.14. The second-order valence-electron chi connectivity index (χ2n) is 10.7. The van der Waals surface area contributed by atoms with Gasteiger partial charge in [0.25, 0.3) is 0 Å². The SMILES string of the molecule is COc1ccc(NC(=O)CSc2nnc(N3C(N)=C(C#N)C(c4cccc(OC)c4)C4=C3CC(C)(C)CC4=O)s2)cc1. The molecule has 12 heteroatoms. The molecular weight excluding hydrogens is 573 g/mol. The molecule has 10 nitrogen and oxygen atoms in total. The maximum Gasteiger partial charge on any atom is 0.234 e. The van der Waals surface area contributed by atoms with Gasteiger partial charge in [0, 0.05) is 23.4 Å². The Bertz CT molecular complexity index is 1640. The summed E-state index contributed by atoms with van der Waals surface area (Å²) in [5.41, 5.74) is 9.31. The molecule has 2 aliphatic rings. The lowest BCUT2D eigenvalue weighted by atomic mass is 9.68. The van der Waals surface area contributed by atoms with Gasteiger partial charge >= 0.3 is 0 Å². The number of ketones is 1. The Labute approximate surface area is 252 Å². The summed E-state index contributed by atoms with van der Waals surface area (Å²) in [6.45, 7) is 4.08. The molecule has 1 aliphatic heterocycles. The highest BCUT2D eigenvalue weighted by molar-refractivity contribution is 8.01. The number of carbonyl (C=O) groups is 2. The van der Waals surface area contributed by atoms with Gasteiger partial charge in [-0.05, 0) is 53.8 Å². The van der Waals surface area contributed by atoms with Crippen LogP contribution in [0.25, 0.3) is 0 Å². The first-order valence-electron chi connectivity index (χ1n) is 13.1. The molecule has 1 atom stereocenters. The van der Waals surface area contributed by atoms with Gasteiger partial charge in [0.15, 0.2) is 10.1 Å². The molecule has 3 aromatic rings. The maximum atomic E-state index is 13.7. The fourth-order valence-corrected chi connectivity index (χ4v) is 6.91. The van der Waals surface area contributed by atoms with Crippen molar-refractivity contribution in [3.05, 3.63) is 76.8 Å². The van der Waals surface area contributed by atoms with Gasteiger partial charge in [-0.1, -0.05) is 49.1 Å². The van der Waals surface area contributed by atoms with E-state index in [2.05, 4.69) is 21.6 Å². The van der Waals surface area contributed by atoms with Crippen molar-refractivity contribution in [2.24, 2.45) is 11.1 Å². The topological polar surface area (TPSA) is 143 Å². The largest absolute Gasteiger partial charge is 0.497 e. The molecule has 1 aromatic heterocycles. The zero-order valence-corrected chi connectivity index (χ0v) is 25.3. The number of nitrogens with one attached hydrogen (secondary N) is 1. The van der Waals surface area contributed by atoms with Crippen molar-refractivity contribution >= 4 is 45.6 Å². The predicted octanol–water partition coefficient (Wildman–Crippen LogP) is 5.23. The van der Waals surface area contributed by atoms with Crippen molar-refractivity contribution in [2.75, 3.05) is 30.2 Å². The van der Waals surface area contributed by atoms with Gasteiger partial charge in [-0.25, -0.2) is 0 Å². The molecule has 1 amide bonds. The number of hydrogen-bond donors (Lipinski definition) is 2. The molecule has 1 unspecified atom stereocenters. The summed E-state index contributed by atoms with van der Waals surface area (Å²) >= 11 is 2.49. The van der Waals surface area contributed by atoms with Crippen LogP contribution in [0.2, 0.25) is 0 Å². The van der Waals surface area contributed by atoms with E-state index >= 15 is 0 Å². The molecule has 0 saturated carbocycles. The molecule has 216 valence electrons. The number of carbonyl (C=O) groups excluding carboxylic acids is 2. The Morgan fingerprint density at radius 3 is 2.60 bits per heavy atom. The summed E-state index contributed by atoms with van der Waals surface area (Å²) in [5, 5.41) is 22.2. The standard InChI is InChI=1S/C30H30N6O4S2/c1-30(2)13-22-26(23(37)14-30)25(17-6-5-7-20(12-17)40-4)21(15-31)27(32)36(22)28-34-35-29(42-28)41-16-24(38)33-18-8-10-19(39-3)11-9-18/h5-12,25H,13-14,16,32H2,1-4H3,(H,33,38). The highest BCUT2D eigenvalue weighted by Gasteiger charge is 2.45. The van der Waals surface area contributed by atoms with E-state index < -0.39 is 5.92 Å². The molecule has 2 heterocycles. The number of methoxy groups -OCH3 is 2. The predicted molar refractivity (Wildman–Crippen MR) is 162 cm³/mol. The van der Waals surface area contributed by atoms with Crippen LogP contribution in [0.1, 0.15) is 38.2 Å².